The second-order valence-corrected chi connectivity index (χ2v) is 6.30. The first-order valence-electron chi connectivity index (χ1n) is 8.76. The monoisotopic (exact) mass is 372 g/mol. The SMILES string of the molecule is Cc1cccnc1C(=O)Nc1cc(-c2ccccc2)nn1-c1cccc(F)c1. The van der Waals surface area contributed by atoms with Gasteiger partial charge in [0.15, 0.2) is 0 Å². The molecule has 4 rings (SSSR count). The van der Waals surface area contributed by atoms with E-state index in [2.05, 4.69) is 15.4 Å². The van der Waals surface area contributed by atoms with Crippen molar-refractivity contribution < 1.29 is 9.18 Å². The van der Waals surface area contributed by atoms with E-state index in [-0.39, 0.29) is 11.7 Å². The zero-order chi connectivity index (χ0) is 19.5. The van der Waals surface area contributed by atoms with E-state index in [0.29, 0.717) is 22.9 Å². The third-order valence-electron chi connectivity index (χ3n) is 4.30. The predicted octanol–water partition coefficient (Wildman–Crippen LogP) is 4.63. The average Bonchev–Trinajstić information content (AvgIpc) is 3.13. The Morgan fingerprint density at radius 2 is 1.82 bits per heavy atom. The summed E-state index contributed by atoms with van der Waals surface area (Å²) in [5.74, 6) is -0.304. The summed E-state index contributed by atoms with van der Waals surface area (Å²) in [6, 6.07) is 21.0. The fourth-order valence-corrected chi connectivity index (χ4v) is 2.92. The van der Waals surface area contributed by atoms with Crippen molar-refractivity contribution in [2.45, 2.75) is 6.92 Å². The lowest BCUT2D eigenvalue weighted by atomic mass is 10.1. The molecule has 0 saturated carbocycles. The molecule has 138 valence electrons. The first-order chi connectivity index (χ1) is 13.6. The van der Waals surface area contributed by atoms with Crippen LogP contribution in [0.5, 0.6) is 0 Å². The van der Waals surface area contributed by atoms with E-state index in [1.807, 2.05) is 43.3 Å². The maximum Gasteiger partial charge on any atom is 0.275 e. The number of nitrogens with one attached hydrogen (secondary N) is 1. The molecule has 0 atom stereocenters. The van der Waals surface area contributed by atoms with Gasteiger partial charge in [-0.05, 0) is 36.8 Å². The van der Waals surface area contributed by atoms with E-state index in [9.17, 15) is 9.18 Å². The summed E-state index contributed by atoms with van der Waals surface area (Å²) in [6.45, 7) is 1.82. The second-order valence-electron chi connectivity index (χ2n) is 6.30. The smallest absolute Gasteiger partial charge is 0.275 e. The number of rotatable bonds is 4. The van der Waals surface area contributed by atoms with Crippen LogP contribution in [0.3, 0.4) is 0 Å². The molecule has 0 saturated heterocycles. The number of hydrogen-bond acceptors (Lipinski definition) is 3. The molecular formula is C22H17FN4O. The van der Waals surface area contributed by atoms with Crippen LogP contribution in [0.4, 0.5) is 10.2 Å². The Hall–Kier alpha value is -3.80. The van der Waals surface area contributed by atoms with Gasteiger partial charge in [0, 0.05) is 17.8 Å². The van der Waals surface area contributed by atoms with Gasteiger partial charge >= 0.3 is 0 Å². The van der Waals surface area contributed by atoms with Crippen molar-refractivity contribution in [1.82, 2.24) is 14.8 Å². The fourth-order valence-electron chi connectivity index (χ4n) is 2.92. The highest BCUT2D eigenvalue weighted by Crippen LogP contribution is 2.25. The third-order valence-corrected chi connectivity index (χ3v) is 4.30. The van der Waals surface area contributed by atoms with Crippen molar-refractivity contribution in [3.63, 3.8) is 0 Å². The van der Waals surface area contributed by atoms with Crippen LogP contribution in [0.15, 0.2) is 79.0 Å². The molecule has 6 heteroatoms. The Morgan fingerprint density at radius 1 is 1.00 bits per heavy atom. The zero-order valence-electron chi connectivity index (χ0n) is 15.1. The first kappa shape index (κ1) is 17.6. The van der Waals surface area contributed by atoms with Gasteiger partial charge < -0.3 is 5.32 Å². The highest BCUT2D eigenvalue weighted by molar-refractivity contribution is 6.03. The largest absolute Gasteiger partial charge is 0.305 e. The van der Waals surface area contributed by atoms with Crippen LogP contribution in [-0.2, 0) is 0 Å². The lowest BCUT2D eigenvalue weighted by Gasteiger charge is -2.09. The van der Waals surface area contributed by atoms with Crippen molar-refractivity contribution in [2.24, 2.45) is 0 Å². The quantitative estimate of drug-likeness (QED) is 0.568. The van der Waals surface area contributed by atoms with Gasteiger partial charge in [0.05, 0.1) is 11.4 Å². The van der Waals surface area contributed by atoms with Gasteiger partial charge in [0.1, 0.15) is 17.3 Å². The molecule has 2 heterocycles. The van der Waals surface area contributed by atoms with Crippen LogP contribution < -0.4 is 5.32 Å². The van der Waals surface area contributed by atoms with Crippen LogP contribution in [0.1, 0.15) is 16.1 Å². The van der Waals surface area contributed by atoms with Gasteiger partial charge in [-0.15, -0.1) is 0 Å². The molecule has 0 spiro atoms. The molecule has 1 amide bonds. The number of carbonyl (C=O) groups excluding carboxylic acids is 1. The van der Waals surface area contributed by atoms with Crippen molar-refractivity contribution in [3.05, 3.63) is 96.1 Å². The molecular weight excluding hydrogens is 355 g/mol. The Kier molecular flexibility index (Phi) is 4.68. The summed E-state index contributed by atoms with van der Waals surface area (Å²) in [7, 11) is 0. The molecule has 0 unspecified atom stereocenters. The Labute approximate surface area is 161 Å². The van der Waals surface area contributed by atoms with E-state index in [1.54, 1.807) is 30.5 Å². The molecule has 0 bridgehead atoms. The maximum absolute atomic E-state index is 13.8. The number of halogens is 1. The maximum atomic E-state index is 13.8. The number of aryl methyl sites for hydroxylation is 1. The van der Waals surface area contributed by atoms with Gasteiger partial charge in [0.25, 0.3) is 5.91 Å². The van der Waals surface area contributed by atoms with Crippen molar-refractivity contribution >= 4 is 11.7 Å². The number of amides is 1. The van der Waals surface area contributed by atoms with Gasteiger partial charge in [0.2, 0.25) is 0 Å². The molecule has 4 aromatic rings. The highest BCUT2D eigenvalue weighted by atomic mass is 19.1. The van der Waals surface area contributed by atoms with Crippen LogP contribution >= 0.6 is 0 Å². The number of aromatic nitrogens is 3. The average molecular weight is 372 g/mol. The van der Waals surface area contributed by atoms with Gasteiger partial charge in [-0.1, -0.05) is 42.5 Å². The summed E-state index contributed by atoms with van der Waals surface area (Å²) in [5.41, 5.74) is 3.16. The van der Waals surface area contributed by atoms with Crippen LogP contribution in [0.25, 0.3) is 16.9 Å². The van der Waals surface area contributed by atoms with Crippen molar-refractivity contribution in [3.8, 4) is 16.9 Å². The molecule has 0 aliphatic heterocycles. The van der Waals surface area contributed by atoms with Gasteiger partial charge in [-0.2, -0.15) is 5.10 Å². The van der Waals surface area contributed by atoms with Crippen LogP contribution in [-0.4, -0.2) is 20.7 Å². The van der Waals surface area contributed by atoms with Crippen molar-refractivity contribution in [2.75, 3.05) is 5.32 Å². The Balaban J connectivity index is 1.77. The molecule has 2 aromatic heterocycles. The lowest BCUT2D eigenvalue weighted by Crippen LogP contribution is -2.17. The Bertz CT molecular complexity index is 1140. The number of nitrogens with zero attached hydrogens (tertiary/aromatic N) is 3. The van der Waals surface area contributed by atoms with E-state index >= 15 is 0 Å². The molecule has 0 fully saturated rings. The Morgan fingerprint density at radius 3 is 2.57 bits per heavy atom. The van der Waals surface area contributed by atoms with Crippen molar-refractivity contribution in [1.29, 1.82) is 0 Å². The zero-order valence-corrected chi connectivity index (χ0v) is 15.1. The second kappa shape index (κ2) is 7.44. The standard InChI is InChI=1S/C22H17FN4O/c1-15-7-6-12-24-21(15)22(28)25-20-14-19(16-8-3-2-4-9-16)26-27(20)18-11-5-10-17(23)13-18/h2-14H,1H3,(H,25,28). The van der Waals surface area contributed by atoms with Gasteiger partial charge in [-0.25, -0.2) is 9.07 Å². The van der Waals surface area contributed by atoms with E-state index in [4.69, 9.17) is 0 Å². The molecule has 2 aromatic carbocycles. The van der Waals surface area contributed by atoms with E-state index < -0.39 is 0 Å². The number of carbonyl (C=O) groups is 1. The molecule has 0 radical (unpaired) electrons. The number of hydrogen-bond donors (Lipinski definition) is 1. The number of pyridine rings is 1. The molecule has 1 N–H and O–H groups in total. The van der Waals surface area contributed by atoms with Crippen LogP contribution in [0, 0.1) is 12.7 Å². The lowest BCUT2D eigenvalue weighted by molar-refractivity contribution is 0.102. The minimum atomic E-state index is -0.382. The predicted molar refractivity (Wildman–Crippen MR) is 106 cm³/mol. The molecule has 28 heavy (non-hydrogen) atoms. The van der Waals surface area contributed by atoms with Crippen LogP contribution in [0.2, 0.25) is 0 Å². The number of benzene rings is 2. The summed E-state index contributed by atoms with van der Waals surface area (Å²) in [4.78, 5) is 16.9. The summed E-state index contributed by atoms with van der Waals surface area (Å²) >= 11 is 0. The third kappa shape index (κ3) is 3.53. The number of anilines is 1. The first-order valence-corrected chi connectivity index (χ1v) is 8.76. The topological polar surface area (TPSA) is 59.8 Å². The highest BCUT2D eigenvalue weighted by Gasteiger charge is 2.17. The summed E-state index contributed by atoms with van der Waals surface area (Å²) in [6.07, 6.45) is 1.57. The summed E-state index contributed by atoms with van der Waals surface area (Å²) in [5, 5.41) is 7.43. The minimum absolute atomic E-state index is 0.329. The molecule has 0 aliphatic rings. The molecule has 0 aliphatic carbocycles. The normalized spacial score (nSPS) is 10.6. The molecule has 5 nitrogen and oxygen atoms in total. The minimum Gasteiger partial charge on any atom is -0.305 e. The van der Waals surface area contributed by atoms with E-state index in [1.165, 1.54) is 16.8 Å². The fraction of sp³-hybridized carbons (Fsp3) is 0.0455. The summed E-state index contributed by atoms with van der Waals surface area (Å²) < 4.78 is 15.3. The van der Waals surface area contributed by atoms with Gasteiger partial charge in [-0.3, -0.25) is 9.78 Å². The van der Waals surface area contributed by atoms with E-state index in [0.717, 1.165) is 11.1 Å².